The first-order valence-corrected chi connectivity index (χ1v) is 5.83. The minimum Gasteiger partial charge on any atom is -0.323 e. The molecule has 1 aromatic rings. The van der Waals surface area contributed by atoms with Crippen LogP contribution in [0.1, 0.15) is 36.7 Å². The Labute approximate surface area is 96.7 Å². The van der Waals surface area contributed by atoms with Gasteiger partial charge in [-0.1, -0.05) is 20.8 Å². The zero-order valence-corrected chi connectivity index (χ0v) is 10.2. The van der Waals surface area contributed by atoms with Gasteiger partial charge in [-0.05, 0) is 11.8 Å². The van der Waals surface area contributed by atoms with E-state index in [1.54, 1.807) is 0 Å². The summed E-state index contributed by atoms with van der Waals surface area (Å²) in [4.78, 5) is 3.86. The number of nitrogens with zero attached hydrogens (tertiary/aromatic N) is 1. The van der Waals surface area contributed by atoms with Crippen LogP contribution in [0.4, 0.5) is 13.2 Å². The lowest BCUT2D eigenvalue weighted by molar-refractivity contribution is -0.137. The molecule has 1 heterocycles. The molecule has 2 atom stereocenters. The Balaban J connectivity index is 2.86. The van der Waals surface area contributed by atoms with Crippen LogP contribution in [0.5, 0.6) is 0 Å². The standard InChI is InChI=1S/C10H15F3N2S/c1-5(2)6(3)8(14)7-4-15-9(16-7)10(11,12)13/h4-6,8H,14H2,1-3H3. The quantitative estimate of drug-likeness (QED) is 0.894. The van der Waals surface area contributed by atoms with Crippen LogP contribution in [0.25, 0.3) is 0 Å². The maximum atomic E-state index is 12.3. The third-order valence-corrected chi connectivity index (χ3v) is 3.86. The van der Waals surface area contributed by atoms with E-state index in [2.05, 4.69) is 4.98 Å². The molecule has 0 aliphatic heterocycles. The van der Waals surface area contributed by atoms with Gasteiger partial charge in [0.1, 0.15) is 0 Å². The number of hydrogen-bond acceptors (Lipinski definition) is 3. The zero-order valence-electron chi connectivity index (χ0n) is 9.38. The van der Waals surface area contributed by atoms with E-state index < -0.39 is 11.2 Å². The molecule has 2 unspecified atom stereocenters. The third kappa shape index (κ3) is 2.95. The minimum atomic E-state index is -4.37. The maximum absolute atomic E-state index is 12.3. The Morgan fingerprint density at radius 3 is 2.25 bits per heavy atom. The van der Waals surface area contributed by atoms with Gasteiger partial charge in [-0.15, -0.1) is 11.3 Å². The van der Waals surface area contributed by atoms with Crippen LogP contribution in [0.3, 0.4) is 0 Å². The Morgan fingerprint density at radius 2 is 1.88 bits per heavy atom. The van der Waals surface area contributed by atoms with Gasteiger partial charge in [-0.2, -0.15) is 13.2 Å². The van der Waals surface area contributed by atoms with Crippen LogP contribution < -0.4 is 5.73 Å². The minimum absolute atomic E-state index is 0.126. The number of rotatable bonds is 3. The fourth-order valence-corrected chi connectivity index (χ4v) is 2.15. The molecule has 1 aromatic heterocycles. The molecule has 0 fully saturated rings. The van der Waals surface area contributed by atoms with E-state index in [0.717, 1.165) is 0 Å². The number of nitrogens with two attached hydrogens (primary N) is 1. The topological polar surface area (TPSA) is 38.9 Å². The maximum Gasteiger partial charge on any atom is 0.443 e. The summed E-state index contributed by atoms with van der Waals surface area (Å²) >= 11 is 0.633. The molecule has 0 saturated carbocycles. The molecule has 1 rings (SSSR count). The highest BCUT2D eigenvalue weighted by Gasteiger charge is 2.35. The van der Waals surface area contributed by atoms with E-state index in [1.807, 2.05) is 20.8 Å². The fraction of sp³-hybridized carbons (Fsp3) is 0.700. The molecule has 0 saturated heterocycles. The molecular weight excluding hydrogens is 237 g/mol. The van der Waals surface area contributed by atoms with Gasteiger partial charge in [0.15, 0.2) is 5.01 Å². The summed E-state index contributed by atoms with van der Waals surface area (Å²) in [5.41, 5.74) is 5.90. The molecule has 0 aliphatic rings. The average molecular weight is 252 g/mol. The summed E-state index contributed by atoms with van der Waals surface area (Å²) in [6, 6.07) is -0.381. The predicted molar refractivity (Wildman–Crippen MR) is 58.0 cm³/mol. The van der Waals surface area contributed by atoms with E-state index in [9.17, 15) is 13.2 Å². The molecule has 0 aliphatic carbocycles. The van der Waals surface area contributed by atoms with Crippen molar-refractivity contribution in [3.63, 3.8) is 0 Å². The van der Waals surface area contributed by atoms with Crippen molar-refractivity contribution < 1.29 is 13.2 Å². The monoisotopic (exact) mass is 252 g/mol. The smallest absolute Gasteiger partial charge is 0.323 e. The van der Waals surface area contributed by atoms with Crippen LogP contribution in [-0.4, -0.2) is 4.98 Å². The molecule has 0 bridgehead atoms. The molecule has 16 heavy (non-hydrogen) atoms. The summed E-state index contributed by atoms with van der Waals surface area (Å²) in [6.07, 6.45) is -3.14. The van der Waals surface area contributed by atoms with E-state index in [-0.39, 0.29) is 12.0 Å². The molecule has 2 nitrogen and oxygen atoms in total. The molecule has 92 valence electrons. The SMILES string of the molecule is CC(C)C(C)C(N)c1cnc(C(F)(F)F)s1. The van der Waals surface area contributed by atoms with Gasteiger partial charge >= 0.3 is 6.18 Å². The molecule has 0 aromatic carbocycles. The average Bonchev–Trinajstić information content (AvgIpc) is 2.63. The van der Waals surface area contributed by atoms with Crippen LogP contribution >= 0.6 is 11.3 Å². The first-order valence-electron chi connectivity index (χ1n) is 5.02. The summed E-state index contributed by atoms with van der Waals surface area (Å²) < 4.78 is 37.0. The van der Waals surface area contributed by atoms with Crippen molar-refractivity contribution >= 4 is 11.3 Å². The molecule has 0 radical (unpaired) electrons. The van der Waals surface area contributed by atoms with Gasteiger partial charge in [0, 0.05) is 17.1 Å². The second kappa shape index (κ2) is 4.71. The Kier molecular flexibility index (Phi) is 3.96. The van der Waals surface area contributed by atoms with Crippen LogP contribution in [0.15, 0.2) is 6.20 Å². The van der Waals surface area contributed by atoms with E-state index in [0.29, 0.717) is 22.1 Å². The van der Waals surface area contributed by atoms with Gasteiger partial charge in [0.05, 0.1) is 0 Å². The van der Waals surface area contributed by atoms with Crippen LogP contribution in [0, 0.1) is 11.8 Å². The fourth-order valence-electron chi connectivity index (χ4n) is 1.25. The van der Waals surface area contributed by atoms with Gasteiger partial charge < -0.3 is 5.73 Å². The summed E-state index contributed by atoms with van der Waals surface area (Å²) in [7, 11) is 0. The first-order chi connectivity index (χ1) is 7.23. The highest BCUT2D eigenvalue weighted by atomic mass is 32.1. The van der Waals surface area contributed by atoms with Crippen molar-refractivity contribution in [3.05, 3.63) is 16.1 Å². The normalized spacial score (nSPS) is 16.5. The number of thiazole rings is 1. The predicted octanol–water partition coefficient (Wildman–Crippen LogP) is 3.45. The number of hydrogen-bond donors (Lipinski definition) is 1. The highest BCUT2D eigenvalue weighted by Crippen LogP contribution is 2.36. The van der Waals surface area contributed by atoms with Crippen molar-refractivity contribution in [2.75, 3.05) is 0 Å². The largest absolute Gasteiger partial charge is 0.443 e. The van der Waals surface area contributed by atoms with Crippen molar-refractivity contribution in [2.24, 2.45) is 17.6 Å². The molecule has 0 spiro atoms. The Morgan fingerprint density at radius 1 is 1.31 bits per heavy atom. The Hall–Kier alpha value is -0.620. The third-order valence-electron chi connectivity index (χ3n) is 2.71. The summed E-state index contributed by atoms with van der Waals surface area (Å²) in [6.45, 7) is 5.93. The van der Waals surface area contributed by atoms with Crippen LogP contribution in [0.2, 0.25) is 0 Å². The first kappa shape index (κ1) is 13.4. The molecule has 0 amide bonds. The zero-order chi connectivity index (χ0) is 12.5. The van der Waals surface area contributed by atoms with Crippen molar-refractivity contribution in [1.29, 1.82) is 0 Å². The van der Waals surface area contributed by atoms with E-state index >= 15 is 0 Å². The van der Waals surface area contributed by atoms with Crippen molar-refractivity contribution in [1.82, 2.24) is 4.98 Å². The van der Waals surface area contributed by atoms with Gasteiger partial charge in [0.2, 0.25) is 0 Å². The van der Waals surface area contributed by atoms with Crippen LogP contribution in [-0.2, 0) is 6.18 Å². The van der Waals surface area contributed by atoms with Gasteiger partial charge in [0.25, 0.3) is 0 Å². The van der Waals surface area contributed by atoms with Gasteiger partial charge in [-0.25, -0.2) is 4.98 Å². The number of halogens is 3. The number of alkyl halides is 3. The highest BCUT2D eigenvalue weighted by molar-refractivity contribution is 7.11. The Bertz CT molecular complexity index is 346. The number of aromatic nitrogens is 1. The second-order valence-corrected chi connectivity index (χ2v) is 5.26. The second-order valence-electron chi connectivity index (χ2n) is 4.19. The summed E-state index contributed by atoms with van der Waals surface area (Å²) in [5, 5.41) is -0.825. The van der Waals surface area contributed by atoms with Crippen molar-refractivity contribution in [2.45, 2.75) is 33.0 Å². The van der Waals surface area contributed by atoms with Gasteiger partial charge in [-0.3, -0.25) is 0 Å². The van der Waals surface area contributed by atoms with E-state index in [4.69, 9.17) is 5.73 Å². The lowest BCUT2D eigenvalue weighted by Gasteiger charge is -2.21. The van der Waals surface area contributed by atoms with Crippen molar-refractivity contribution in [3.8, 4) is 0 Å². The lowest BCUT2D eigenvalue weighted by atomic mass is 9.90. The molecule has 2 N–H and O–H groups in total. The lowest BCUT2D eigenvalue weighted by Crippen LogP contribution is -2.22. The molecular formula is C10H15F3N2S. The van der Waals surface area contributed by atoms with E-state index in [1.165, 1.54) is 6.20 Å². The summed E-state index contributed by atoms with van der Waals surface area (Å²) in [5.74, 6) is 0.452. The molecule has 6 heteroatoms.